The van der Waals surface area contributed by atoms with Gasteiger partial charge in [0.1, 0.15) is 6.04 Å². The molecule has 8 heteroatoms. The quantitative estimate of drug-likeness (QED) is 0.841. The number of carboxylic acid groups (broad SMARTS) is 1. The first kappa shape index (κ1) is 16.2. The third-order valence-corrected chi connectivity index (χ3v) is 4.21. The Morgan fingerprint density at radius 1 is 1.32 bits per heavy atom. The van der Waals surface area contributed by atoms with E-state index in [1.165, 1.54) is 18.2 Å². The highest BCUT2D eigenvalue weighted by atomic mass is 35.5. The number of rotatable bonds is 6. The molecular weight excluding hydrogens is 313 g/mol. The van der Waals surface area contributed by atoms with E-state index in [1.807, 2.05) is 0 Å². The maximum Gasteiger partial charge on any atom is 0.321 e. The summed E-state index contributed by atoms with van der Waals surface area (Å²) in [5.41, 5.74) is 0. The highest BCUT2D eigenvalue weighted by molar-refractivity contribution is 7.89. The predicted octanol–water partition coefficient (Wildman–Crippen LogP) is 2.53. The van der Waals surface area contributed by atoms with E-state index in [9.17, 15) is 13.2 Å². The van der Waals surface area contributed by atoms with Crippen molar-refractivity contribution >= 4 is 39.2 Å². The number of hydrogen-bond acceptors (Lipinski definition) is 3. The van der Waals surface area contributed by atoms with Gasteiger partial charge in [0.2, 0.25) is 10.0 Å². The second kappa shape index (κ2) is 6.56. The fraction of sp³-hybridized carbons (Fsp3) is 0.364. The molecule has 2 N–H and O–H groups in total. The SMILES string of the molecule is CCC[C@@H](NS(=O)(=O)c1cc(Cl)cc(Cl)c1)C(=O)O. The second-order valence-corrected chi connectivity index (χ2v) is 6.49. The van der Waals surface area contributed by atoms with Gasteiger partial charge in [-0.05, 0) is 24.6 Å². The average Bonchev–Trinajstić information content (AvgIpc) is 2.26. The molecule has 0 unspecified atom stereocenters. The molecule has 106 valence electrons. The van der Waals surface area contributed by atoms with Crippen molar-refractivity contribution in [1.29, 1.82) is 0 Å². The Bertz CT molecular complexity index is 554. The Hall–Kier alpha value is -0.820. The molecule has 0 saturated carbocycles. The van der Waals surface area contributed by atoms with Gasteiger partial charge in [0.15, 0.2) is 0 Å². The van der Waals surface area contributed by atoms with Gasteiger partial charge in [-0.3, -0.25) is 4.79 Å². The van der Waals surface area contributed by atoms with Crippen LogP contribution in [0.1, 0.15) is 19.8 Å². The van der Waals surface area contributed by atoms with E-state index in [2.05, 4.69) is 4.72 Å². The molecule has 0 aliphatic carbocycles. The van der Waals surface area contributed by atoms with Crippen LogP contribution in [0.15, 0.2) is 23.1 Å². The topological polar surface area (TPSA) is 83.5 Å². The monoisotopic (exact) mass is 325 g/mol. The molecule has 0 amide bonds. The minimum absolute atomic E-state index is 0.160. The van der Waals surface area contributed by atoms with Crippen LogP contribution in [0.4, 0.5) is 0 Å². The summed E-state index contributed by atoms with van der Waals surface area (Å²) >= 11 is 11.4. The summed E-state index contributed by atoms with van der Waals surface area (Å²) in [7, 11) is -3.97. The molecule has 0 aliphatic heterocycles. The Balaban J connectivity index is 3.06. The Labute approximate surface area is 121 Å². The summed E-state index contributed by atoms with van der Waals surface area (Å²) in [6, 6.07) is 2.64. The summed E-state index contributed by atoms with van der Waals surface area (Å²) in [5.74, 6) is -1.22. The van der Waals surface area contributed by atoms with Gasteiger partial charge >= 0.3 is 5.97 Å². The summed E-state index contributed by atoms with van der Waals surface area (Å²) in [5, 5.41) is 9.27. The van der Waals surface area contributed by atoms with Crippen LogP contribution in [0.3, 0.4) is 0 Å². The molecule has 0 saturated heterocycles. The number of hydrogen-bond donors (Lipinski definition) is 2. The van der Waals surface area contributed by atoms with E-state index in [0.717, 1.165) is 0 Å². The number of benzene rings is 1. The van der Waals surface area contributed by atoms with Gasteiger partial charge in [0, 0.05) is 10.0 Å². The van der Waals surface area contributed by atoms with E-state index in [4.69, 9.17) is 28.3 Å². The molecule has 0 fully saturated rings. The lowest BCUT2D eigenvalue weighted by Gasteiger charge is -2.14. The Morgan fingerprint density at radius 3 is 2.26 bits per heavy atom. The maximum absolute atomic E-state index is 12.0. The third kappa shape index (κ3) is 4.65. The molecule has 5 nitrogen and oxygen atoms in total. The minimum Gasteiger partial charge on any atom is -0.480 e. The summed E-state index contributed by atoms with van der Waals surface area (Å²) < 4.78 is 26.2. The van der Waals surface area contributed by atoms with Crippen molar-refractivity contribution in [3.8, 4) is 0 Å². The molecule has 0 heterocycles. The minimum atomic E-state index is -3.97. The highest BCUT2D eigenvalue weighted by Crippen LogP contribution is 2.22. The summed E-state index contributed by atoms with van der Waals surface area (Å²) in [4.78, 5) is 10.8. The fourth-order valence-corrected chi connectivity index (χ4v) is 3.41. The normalized spacial score (nSPS) is 13.2. The highest BCUT2D eigenvalue weighted by Gasteiger charge is 2.25. The Kier molecular flexibility index (Phi) is 5.61. The second-order valence-electron chi connectivity index (χ2n) is 3.91. The maximum atomic E-state index is 12.0. The van der Waals surface area contributed by atoms with Gasteiger partial charge in [0.05, 0.1) is 4.90 Å². The predicted molar refractivity (Wildman–Crippen MR) is 73.1 cm³/mol. The zero-order chi connectivity index (χ0) is 14.6. The number of halogens is 2. The molecular formula is C11H13Cl2NO4S. The largest absolute Gasteiger partial charge is 0.480 e. The number of carbonyl (C=O) groups is 1. The molecule has 0 bridgehead atoms. The zero-order valence-corrected chi connectivity index (χ0v) is 12.4. The van der Waals surface area contributed by atoms with Crippen molar-refractivity contribution in [3.05, 3.63) is 28.2 Å². The first-order valence-corrected chi connectivity index (χ1v) is 7.71. The van der Waals surface area contributed by atoms with Gasteiger partial charge in [-0.15, -0.1) is 0 Å². The number of carboxylic acids is 1. The molecule has 1 aromatic rings. The standard InChI is InChI=1S/C11H13Cl2NO4S/c1-2-3-10(11(15)16)14-19(17,18)9-5-7(12)4-8(13)6-9/h4-6,10,14H,2-3H2,1H3,(H,15,16)/t10-/m1/s1. The van der Waals surface area contributed by atoms with Crippen LogP contribution in [-0.2, 0) is 14.8 Å². The lowest BCUT2D eigenvalue weighted by molar-refractivity contribution is -0.139. The van der Waals surface area contributed by atoms with Gasteiger partial charge < -0.3 is 5.11 Å². The van der Waals surface area contributed by atoms with E-state index in [-0.39, 0.29) is 21.4 Å². The molecule has 0 aromatic heterocycles. The van der Waals surface area contributed by atoms with Crippen molar-refractivity contribution in [2.75, 3.05) is 0 Å². The molecule has 19 heavy (non-hydrogen) atoms. The van der Waals surface area contributed by atoms with Gasteiger partial charge in [-0.2, -0.15) is 4.72 Å². The van der Waals surface area contributed by atoms with E-state index in [1.54, 1.807) is 6.92 Å². The summed E-state index contributed by atoms with van der Waals surface area (Å²) in [6.07, 6.45) is 0.735. The Morgan fingerprint density at radius 2 is 1.84 bits per heavy atom. The van der Waals surface area contributed by atoms with Crippen LogP contribution in [0.2, 0.25) is 10.0 Å². The van der Waals surface area contributed by atoms with Gasteiger partial charge in [0.25, 0.3) is 0 Å². The average molecular weight is 326 g/mol. The lowest BCUT2D eigenvalue weighted by Crippen LogP contribution is -2.40. The van der Waals surface area contributed by atoms with Crippen molar-refractivity contribution in [2.45, 2.75) is 30.7 Å². The smallest absolute Gasteiger partial charge is 0.321 e. The molecule has 1 atom stereocenters. The van der Waals surface area contributed by atoms with Gasteiger partial charge in [-0.1, -0.05) is 36.5 Å². The molecule has 0 spiro atoms. The van der Waals surface area contributed by atoms with Crippen molar-refractivity contribution in [2.24, 2.45) is 0 Å². The first-order chi connectivity index (χ1) is 8.76. The number of aliphatic carboxylic acids is 1. The lowest BCUT2D eigenvalue weighted by atomic mass is 10.2. The van der Waals surface area contributed by atoms with Crippen LogP contribution >= 0.6 is 23.2 Å². The van der Waals surface area contributed by atoms with Crippen molar-refractivity contribution < 1.29 is 18.3 Å². The molecule has 1 rings (SSSR count). The third-order valence-electron chi connectivity index (χ3n) is 2.32. The van der Waals surface area contributed by atoms with Crippen LogP contribution in [0.25, 0.3) is 0 Å². The first-order valence-electron chi connectivity index (χ1n) is 5.47. The molecule has 0 aliphatic rings. The number of sulfonamides is 1. The molecule has 1 aromatic carbocycles. The van der Waals surface area contributed by atoms with Crippen LogP contribution in [-0.4, -0.2) is 25.5 Å². The zero-order valence-electron chi connectivity index (χ0n) is 10.1. The van der Waals surface area contributed by atoms with Gasteiger partial charge in [-0.25, -0.2) is 8.42 Å². The van der Waals surface area contributed by atoms with Crippen molar-refractivity contribution in [1.82, 2.24) is 4.72 Å². The molecule has 0 radical (unpaired) electrons. The van der Waals surface area contributed by atoms with E-state index < -0.39 is 22.0 Å². The van der Waals surface area contributed by atoms with Crippen LogP contribution in [0.5, 0.6) is 0 Å². The fourth-order valence-electron chi connectivity index (χ4n) is 1.46. The van der Waals surface area contributed by atoms with E-state index in [0.29, 0.717) is 6.42 Å². The summed E-state index contributed by atoms with van der Waals surface area (Å²) in [6.45, 7) is 1.76. The van der Waals surface area contributed by atoms with E-state index >= 15 is 0 Å². The van der Waals surface area contributed by atoms with Crippen molar-refractivity contribution in [3.63, 3.8) is 0 Å². The van der Waals surface area contributed by atoms with Crippen LogP contribution < -0.4 is 4.72 Å². The number of nitrogens with one attached hydrogen (secondary N) is 1. The van der Waals surface area contributed by atoms with Crippen LogP contribution in [0, 0.1) is 0 Å².